The van der Waals surface area contributed by atoms with Gasteiger partial charge in [0, 0.05) is 21.9 Å². The second-order valence-electron chi connectivity index (χ2n) is 6.18. The van der Waals surface area contributed by atoms with Crippen LogP contribution in [0.5, 0.6) is 0 Å². The lowest BCUT2D eigenvalue weighted by molar-refractivity contribution is 0.0757. The SMILES string of the molecule is CN(C)C(C)(C)C(=O)c1cccc2c1[nH]c1ccccc12. The number of aromatic nitrogens is 1. The summed E-state index contributed by atoms with van der Waals surface area (Å²) in [6.45, 7) is 3.91. The minimum Gasteiger partial charge on any atom is -0.354 e. The van der Waals surface area contributed by atoms with Crippen molar-refractivity contribution in [3.8, 4) is 0 Å². The Morgan fingerprint density at radius 2 is 1.67 bits per heavy atom. The summed E-state index contributed by atoms with van der Waals surface area (Å²) in [5.74, 6) is 0.129. The Bertz CT molecular complexity index is 827. The van der Waals surface area contributed by atoms with E-state index in [1.54, 1.807) is 0 Å². The highest BCUT2D eigenvalue weighted by atomic mass is 16.1. The number of carbonyl (C=O) groups is 1. The fourth-order valence-electron chi connectivity index (χ4n) is 2.59. The van der Waals surface area contributed by atoms with E-state index in [-0.39, 0.29) is 5.78 Å². The Balaban J connectivity index is 2.27. The third kappa shape index (κ3) is 2.05. The maximum Gasteiger partial charge on any atom is 0.184 e. The van der Waals surface area contributed by atoms with Crippen LogP contribution in [-0.4, -0.2) is 35.3 Å². The van der Waals surface area contributed by atoms with Crippen molar-refractivity contribution in [2.24, 2.45) is 0 Å². The van der Waals surface area contributed by atoms with E-state index in [9.17, 15) is 4.79 Å². The summed E-state index contributed by atoms with van der Waals surface area (Å²) in [5, 5.41) is 2.26. The van der Waals surface area contributed by atoms with Crippen LogP contribution < -0.4 is 0 Å². The van der Waals surface area contributed by atoms with E-state index in [0.29, 0.717) is 0 Å². The number of rotatable bonds is 3. The molecule has 108 valence electrons. The summed E-state index contributed by atoms with van der Waals surface area (Å²) in [7, 11) is 3.87. The van der Waals surface area contributed by atoms with Crippen LogP contribution in [0.1, 0.15) is 24.2 Å². The van der Waals surface area contributed by atoms with Gasteiger partial charge < -0.3 is 4.98 Å². The van der Waals surface area contributed by atoms with Crippen LogP contribution in [0.3, 0.4) is 0 Å². The lowest BCUT2D eigenvalue weighted by atomic mass is 9.91. The number of ketones is 1. The fourth-order valence-corrected chi connectivity index (χ4v) is 2.59. The second-order valence-corrected chi connectivity index (χ2v) is 6.18. The van der Waals surface area contributed by atoms with Crippen LogP contribution in [0.2, 0.25) is 0 Å². The summed E-state index contributed by atoms with van der Waals surface area (Å²) in [4.78, 5) is 18.3. The van der Waals surface area contributed by atoms with Gasteiger partial charge in [-0.1, -0.05) is 30.3 Å². The molecular weight excluding hydrogens is 260 g/mol. The quantitative estimate of drug-likeness (QED) is 0.740. The van der Waals surface area contributed by atoms with Gasteiger partial charge in [-0.05, 0) is 40.1 Å². The number of nitrogens with one attached hydrogen (secondary N) is 1. The summed E-state index contributed by atoms with van der Waals surface area (Å²) in [5.41, 5.74) is 2.21. The number of Topliss-reactive ketones (excluding diaryl/α,β-unsaturated/α-hetero) is 1. The van der Waals surface area contributed by atoms with Gasteiger partial charge >= 0.3 is 0 Å². The highest BCUT2D eigenvalue weighted by Crippen LogP contribution is 2.30. The molecule has 0 aliphatic rings. The van der Waals surface area contributed by atoms with E-state index in [0.717, 1.165) is 27.4 Å². The molecule has 21 heavy (non-hydrogen) atoms. The zero-order chi connectivity index (χ0) is 15.2. The summed E-state index contributed by atoms with van der Waals surface area (Å²) in [6, 6.07) is 14.1. The standard InChI is InChI=1S/C18H20N2O/c1-18(2,20(3)4)17(21)14-10-7-9-13-12-8-5-6-11-15(12)19-16(13)14/h5-11,19H,1-4H3. The Morgan fingerprint density at radius 3 is 2.38 bits per heavy atom. The van der Waals surface area contributed by atoms with Crippen LogP contribution in [0.25, 0.3) is 21.8 Å². The molecule has 0 aliphatic heterocycles. The number of likely N-dealkylation sites (N-methyl/N-ethyl adjacent to an activating group) is 1. The average molecular weight is 280 g/mol. The van der Waals surface area contributed by atoms with Crippen molar-refractivity contribution in [3.05, 3.63) is 48.0 Å². The van der Waals surface area contributed by atoms with E-state index in [1.165, 1.54) is 0 Å². The van der Waals surface area contributed by atoms with Crippen LogP contribution in [0, 0.1) is 0 Å². The molecule has 0 spiro atoms. The van der Waals surface area contributed by atoms with Gasteiger partial charge in [-0.3, -0.25) is 9.69 Å². The van der Waals surface area contributed by atoms with Gasteiger partial charge in [-0.25, -0.2) is 0 Å². The number of hydrogen-bond acceptors (Lipinski definition) is 2. The third-order valence-electron chi connectivity index (χ3n) is 4.46. The largest absolute Gasteiger partial charge is 0.354 e. The predicted octanol–water partition coefficient (Wildman–Crippen LogP) is 3.84. The van der Waals surface area contributed by atoms with Gasteiger partial charge in [0.25, 0.3) is 0 Å². The van der Waals surface area contributed by atoms with Crippen LogP contribution in [-0.2, 0) is 0 Å². The molecule has 3 nitrogen and oxygen atoms in total. The number of hydrogen-bond donors (Lipinski definition) is 1. The first-order valence-corrected chi connectivity index (χ1v) is 7.14. The minimum absolute atomic E-state index is 0.129. The predicted molar refractivity (Wildman–Crippen MR) is 87.9 cm³/mol. The number of benzene rings is 2. The molecule has 0 unspecified atom stereocenters. The summed E-state index contributed by atoms with van der Waals surface area (Å²) >= 11 is 0. The number of aromatic amines is 1. The first kappa shape index (κ1) is 13.8. The zero-order valence-electron chi connectivity index (χ0n) is 12.9. The minimum atomic E-state index is -0.536. The second kappa shape index (κ2) is 4.71. The Kier molecular flexibility index (Phi) is 3.10. The van der Waals surface area contributed by atoms with Crippen LogP contribution >= 0.6 is 0 Å². The molecular formula is C18H20N2O. The molecule has 0 atom stereocenters. The van der Waals surface area contributed by atoms with E-state index >= 15 is 0 Å². The molecule has 0 radical (unpaired) electrons. The lowest BCUT2D eigenvalue weighted by Gasteiger charge is -2.31. The van der Waals surface area contributed by atoms with Crippen molar-refractivity contribution in [1.82, 2.24) is 9.88 Å². The molecule has 0 saturated heterocycles. The molecule has 3 heteroatoms. The Hall–Kier alpha value is -2.13. The van der Waals surface area contributed by atoms with Crippen molar-refractivity contribution in [3.63, 3.8) is 0 Å². The zero-order valence-corrected chi connectivity index (χ0v) is 12.9. The number of fused-ring (bicyclic) bond motifs is 3. The van der Waals surface area contributed by atoms with E-state index < -0.39 is 5.54 Å². The van der Waals surface area contributed by atoms with Gasteiger partial charge in [0.15, 0.2) is 5.78 Å². The van der Waals surface area contributed by atoms with Crippen molar-refractivity contribution >= 4 is 27.6 Å². The topological polar surface area (TPSA) is 36.1 Å². The highest BCUT2D eigenvalue weighted by Gasteiger charge is 2.32. The smallest absolute Gasteiger partial charge is 0.184 e. The Morgan fingerprint density at radius 1 is 1.00 bits per heavy atom. The average Bonchev–Trinajstić information content (AvgIpc) is 2.84. The molecule has 0 amide bonds. The van der Waals surface area contributed by atoms with Gasteiger partial charge in [-0.2, -0.15) is 0 Å². The van der Waals surface area contributed by atoms with Crippen molar-refractivity contribution in [2.45, 2.75) is 19.4 Å². The van der Waals surface area contributed by atoms with Crippen molar-refractivity contribution < 1.29 is 4.79 Å². The van der Waals surface area contributed by atoms with Crippen LogP contribution in [0.15, 0.2) is 42.5 Å². The van der Waals surface area contributed by atoms with Crippen molar-refractivity contribution in [1.29, 1.82) is 0 Å². The molecule has 2 aromatic carbocycles. The number of carbonyl (C=O) groups excluding carboxylic acids is 1. The lowest BCUT2D eigenvalue weighted by Crippen LogP contribution is -2.45. The van der Waals surface area contributed by atoms with E-state index in [1.807, 2.05) is 63.2 Å². The summed E-state index contributed by atoms with van der Waals surface area (Å²) in [6.07, 6.45) is 0. The van der Waals surface area contributed by atoms with Gasteiger partial charge in [-0.15, -0.1) is 0 Å². The Labute approximate surface area is 124 Å². The molecule has 1 aromatic heterocycles. The molecule has 1 N–H and O–H groups in total. The van der Waals surface area contributed by atoms with Gasteiger partial charge in [0.1, 0.15) is 0 Å². The number of para-hydroxylation sites is 2. The molecule has 3 aromatic rings. The monoisotopic (exact) mass is 280 g/mol. The fraction of sp³-hybridized carbons (Fsp3) is 0.278. The normalized spacial score (nSPS) is 12.4. The van der Waals surface area contributed by atoms with Crippen LogP contribution in [0.4, 0.5) is 0 Å². The maximum atomic E-state index is 12.9. The summed E-state index contributed by atoms with van der Waals surface area (Å²) < 4.78 is 0. The molecule has 0 bridgehead atoms. The first-order valence-electron chi connectivity index (χ1n) is 7.14. The molecule has 3 rings (SSSR count). The van der Waals surface area contributed by atoms with E-state index in [2.05, 4.69) is 17.1 Å². The number of nitrogens with zero attached hydrogens (tertiary/aromatic N) is 1. The first-order chi connectivity index (χ1) is 9.93. The highest BCUT2D eigenvalue weighted by molar-refractivity contribution is 6.17. The molecule has 0 saturated carbocycles. The maximum absolute atomic E-state index is 12.9. The van der Waals surface area contributed by atoms with Crippen molar-refractivity contribution in [2.75, 3.05) is 14.1 Å². The number of H-pyrrole nitrogens is 1. The molecule has 1 heterocycles. The van der Waals surface area contributed by atoms with Gasteiger partial charge in [0.05, 0.1) is 11.1 Å². The molecule has 0 fully saturated rings. The van der Waals surface area contributed by atoms with Gasteiger partial charge in [0.2, 0.25) is 0 Å². The molecule has 0 aliphatic carbocycles. The third-order valence-corrected chi connectivity index (χ3v) is 4.46. The van der Waals surface area contributed by atoms with E-state index in [4.69, 9.17) is 0 Å².